The van der Waals surface area contributed by atoms with E-state index in [4.69, 9.17) is 4.42 Å². The van der Waals surface area contributed by atoms with Crippen LogP contribution in [0.4, 0.5) is 5.69 Å². The number of carbonyl (C=O) groups excluding carboxylic acids is 1. The topological polar surface area (TPSA) is 83.0 Å². The van der Waals surface area contributed by atoms with Crippen molar-refractivity contribution in [3.63, 3.8) is 0 Å². The summed E-state index contributed by atoms with van der Waals surface area (Å²) in [4.78, 5) is 19.8. The summed E-state index contributed by atoms with van der Waals surface area (Å²) in [5.41, 5.74) is 2.47. The predicted octanol–water partition coefficient (Wildman–Crippen LogP) is 2.94. The van der Waals surface area contributed by atoms with Crippen LogP contribution in [0.3, 0.4) is 0 Å². The maximum absolute atomic E-state index is 12.1. The van der Waals surface area contributed by atoms with Gasteiger partial charge in [0.05, 0.1) is 23.3 Å². The molecule has 1 atom stereocenters. The number of amides is 1. The van der Waals surface area contributed by atoms with Gasteiger partial charge in [0.2, 0.25) is 5.91 Å². The number of nitrogens with zero attached hydrogens (tertiary/aromatic N) is 1. The average molecular weight is 333 g/mol. The molecule has 0 aliphatic carbocycles. The lowest BCUT2D eigenvalue weighted by atomic mass is 10.2. The Balaban J connectivity index is 0.00000156. The van der Waals surface area contributed by atoms with Crippen molar-refractivity contribution in [3.05, 3.63) is 36.6 Å². The van der Waals surface area contributed by atoms with Crippen LogP contribution in [0, 0.1) is 0 Å². The number of aromatic amines is 1. The van der Waals surface area contributed by atoms with Gasteiger partial charge in [-0.05, 0) is 49.7 Å². The van der Waals surface area contributed by atoms with Gasteiger partial charge in [-0.3, -0.25) is 4.79 Å². The van der Waals surface area contributed by atoms with Crippen LogP contribution in [0.2, 0.25) is 0 Å². The highest BCUT2D eigenvalue weighted by Crippen LogP contribution is 2.23. The highest BCUT2D eigenvalue weighted by Gasteiger charge is 2.22. The Morgan fingerprint density at radius 3 is 3.00 bits per heavy atom. The zero-order valence-electron chi connectivity index (χ0n) is 12.3. The molecule has 7 heteroatoms. The number of rotatable bonds is 3. The van der Waals surface area contributed by atoms with E-state index >= 15 is 0 Å². The summed E-state index contributed by atoms with van der Waals surface area (Å²) in [5.74, 6) is 1.39. The van der Waals surface area contributed by atoms with Gasteiger partial charge in [-0.25, -0.2) is 4.98 Å². The summed E-state index contributed by atoms with van der Waals surface area (Å²) in [5, 5.41) is 6.14. The molecule has 0 spiro atoms. The molecule has 0 saturated carbocycles. The molecule has 1 aliphatic rings. The third-order valence-electron chi connectivity index (χ3n) is 3.88. The van der Waals surface area contributed by atoms with Crippen molar-refractivity contribution in [2.24, 2.45) is 0 Å². The summed E-state index contributed by atoms with van der Waals surface area (Å²) in [6, 6.07) is 9.23. The van der Waals surface area contributed by atoms with Gasteiger partial charge in [0.1, 0.15) is 0 Å². The molecular formula is C16H17ClN4O2. The van der Waals surface area contributed by atoms with Gasteiger partial charge >= 0.3 is 0 Å². The molecule has 3 aromatic rings. The molecule has 6 nitrogen and oxygen atoms in total. The molecule has 1 saturated heterocycles. The van der Waals surface area contributed by atoms with Gasteiger partial charge in [0.25, 0.3) is 0 Å². The van der Waals surface area contributed by atoms with Gasteiger partial charge in [-0.1, -0.05) is 0 Å². The maximum atomic E-state index is 12.1. The van der Waals surface area contributed by atoms with E-state index in [1.165, 1.54) is 0 Å². The smallest absolute Gasteiger partial charge is 0.241 e. The summed E-state index contributed by atoms with van der Waals surface area (Å²) in [6.45, 7) is 0.907. The minimum absolute atomic E-state index is 0. The lowest BCUT2D eigenvalue weighted by Gasteiger charge is -2.10. The van der Waals surface area contributed by atoms with Crippen LogP contribution in [0.5, 0.6) is 0 Å². The SMILES string of the molecule is Cl.O=C(Nc1ccc2nc(-c3ccco3)[nH]c2c1)[C@@H]1CCCN1. The number of H-pyrrole nitrogens is 1. The van der Waals surface area contributed by atoms with Crippen molar-refractivity contribution in [2.45, 2.75) is 18.9 Å². The van der Waals surface area contributed by atoms with E-state index in [0.717, 1.165) is 36.1 Å². The summed E-state index contributed by atoms with van der Waals surface area (Å²) >= 11 is 0. The van der Waals surface area contributed by atoms with Crippen molar-refractivity contribution >= 4 is 35.0 Å². The van der Waals surface area contributed by atoms with E-state index in [2.05, 4.69) is 20.6 Å². The monoisotopic (exact) mass is 332 g/mol. The first kappa shape index (κ1) is 15.6. The Bertz CT molecular complexity index is 807. The maximum Gasteiger partial charge on any atom is 0.241 e. The minimum Gasteiger partial charge on any atom is -0.461 e. The van der Waals surface area contributed by atoms with E-state index < -0.39 is 0 Å². The van der Waals surface area contributed by atoms with Crippen molar-refractivity contribution < 1.29 is 9.21 Å². The molecule has 1 aromatic carbocycles. The first-order valence-electron chi connectivity index (χ1n) is 7.37. The predicted molar refractivity (Wildman–Crippen MR) is 90.7 cm³/mol. The first-order valence-corrected chi connectivity index (χ1v) is 7.37. The van der Waals surface area contributed by atoms with Crippen molar-refractivity contribution in [2.75, 3.05) is 11.9 Å². The van der Waals surface area contributed by atoms with Crippen LogP contribution < -0.4 is 10.6 Å². The quantitative estimate of drug-likeness (QED) is 0.688. The molecule has 1 aliphatic heterocycles. The number of fused-ring (bicyclic) bond motifs is 1. The largest absolute Gasteiger partial charge is 0.461 e. The van der Waals surface area contributed by atoms with Crippen LogP contribution in [0.15, 0.2) is 41.0 Å². The number of halogens is 1. The lowest BCUT2D eigenvalue weighted by Crippen LogP contribution is -2.35. The molecule has 3 heterocycles. The molecule has 0 radical (unpaired) electrons. The minimum atomic E-state index is -0.0869. The third-order valence-corrected chi connectivity index (χ3v) is 3.88. The van der Waals surface area contributed by atoms with Crippen LogP contribution >= 0.6 is 12.4 Å². The van der Waals surface area contributed by atoms with Crippen LogP contribution in [0.25, 0.3) is 22.6 Å². The fourth-order valence-electron chi connectivity index (χ4n) is 2.76. The first-order chi connectivity index (χ1) is 10.8. The number of nitrogens with one attached hydrogen (secondary N) is 3. The van der Waals surface area contributed by atoms with Crippen molar-refractivity contribution in [1.82, 2.24) is 15.3 Å². The fourth-order valence-corrected chi connectivity index (χ4v) is 2.76. The zero-order valence-corrected chi connectivity index (χ0v) is 13.2. The molecule has 23 heavy (non-hydrogen) atoms. The Labute approximate surface area is 139 Å². The molecule has 0 unspecified atom stereocenters. The molecule has 4 rings (SSSR count). The third kappa shape index (κ3) is 3.09. The lowest BCUT2D eigenvalue weighted by molar-refractivity contribution is -0.117. The van der Waals surface area contributed by atoms with E-state index in [0.29, 0.717) is 11.6 Å². The Morgan fingerprint density at radius 1 is 1.35 bits per heavy atom. The highest BCUT2D eigenvalue weighted by molar-refractivity contribution is 5.96. The Hall–Kier alpha value is -2.31. The number of benzene rings is 1. The van der Waals surface area contributed by atoms with Crippen molar-refractivity contribution in [3.8, 4) is 11.6 Å². The second kappa shape index (κ2) is 6.44. The number of furan rings is 1. The molecule has 1 amide bonds. The Morgan fingerprint density at radius 2 is 2.26 bits per heavy atom. The van der Waals surface area contributed by atoms with E-state index in [1.54, 1.807) is 6.26 Å². The van der Waals surface area contributed by atoms with E-state index in [1.807, 2.05) is 30.3 Å². The van der Waals surface area contributed by atoms with Crippen LogP contribution in [0.1, 0.15) is 12.8 Å². The summed E-state index contributed by atoms with van der Waals surface area (Å²) in [7, 11) is 0. The summed E-state index contributed by atoms with van der Waals surface area (Å²) < 4.78 is 5.34. The molecule has 120 valence electrons. The van der Waals surface area contributed by atoms with Gasteiger partial charge in [0.15, 0.2) is 11.6 Å². The van der Waals surface area contributed by atoms with E-state index in [-0.39, 0.29) is 24.4 Å². The number of imidazole rings is 1. The molecule has 3 N–H and O–H groups in total. The van der Waals surface area contributed by atoms with Crippen LogP contribution in [-0.2, 0) is 4.79 Å². The molecular weight excluding hydrogens is 316 g/mol. The van der Waals surface area contributed by atoms with Gasteiger partial charge in [-0.2, -0.15) is 0 Å². The normalized spacial score (nSPS) is 17.1. The summed E-state index contributed by atoms with van der Waals surface area (Å²) in [6.07, 6.45) is 3.55. The molecule has 2 aromatic heterocycles. The zero-order chi connectivity index (χ0) is 14.9. The van der Waals surface area contributed by atoms with Gasteiger partial charge in [-0.15, -0.1) is 12.4 Å². The second-order valence-corrected chi connectivity index (χ2v) is 5.43. The standard InChI is InChI=1S/C16H16N4O2.ClH/c21-16(12-3-1-7-17-12)18-10-5-6-11-13(9-10)20-15(19-11)14-4-2-8-22-14;/h2,4-6,8-9,12,17H,1,3,7H2,(H,18,21)(H,19,20);1H/t12-;/m0./s1. The highest BCUT2D eigenvalue weighted by atomic mass is 35.5. The number of anilines is 1. The number of hydrogen-bond donors (Lipinski definition) is 3. The van der Waals surface area contributed by atoms with Gasteiger partial charge in [0, 0.05) is 5.69 Å². The fraction of sp³-hybridized carbons (Fsp3) is 0.250. The second-order valence-electron chi connectivity index (χ2n) is 5.43. The Kier molecular flexibility index (Phi) is 4.36. The number of aromatic nitrogens is 2. The van der Waals surface area contributed by atoms with Crippen molar-refractivity contribution in [1.29, 1.82) is 0 Å². The average Bonchev–Trinajstić information content (AvgIpc) is 3.26. The number of hydrogen-bond acceptors (Lipinski definition) is 4. The van der Waals surface area contributed by atoms with E-state index in [9.17, 15) is 4.79 Å². The number of carbonyl (C=O) groups is 1. The van der Waals surface area contributed by atoms with Crippen LogP contribution in [-0.4, -0.2) is 28.5 Å². The molecule has 0 bridgehead atoms. The van der Waals surface area contributed by atoms with Gasteiger partial charge < -0.3 is 20.0 Å². The molecule has 1 fully saturated rings.